The highest BCUT2D eigenvalue weighted by Crippen LogP contribution is 2.22. The summed E-state index contributed by atoms with van der Waals surface area (Å²) in [7, 11) is 0. The number of urea groups is 1. The number of nitrogens with zero attached hydrogens (tertiary/aromatic N) is 4. The second-order valence-electron chi connectivity index (χ2n) is 5.70. The maximum absolute atomic E-state index is 12.6. The summed E-state index contributed by atoms with van der Waals surface area (Å²) in [6, 6.07) is 6.15. The minimum Gasteiger partial charge on any atom is -0.378 e. The van der Waals surface area contributed by atoms with Crippen molar-refractivity contribution < 1.29 is 9.53 Å². The molecule has 2 aromatic rings. The largest absolute Gasteiger partial charge is 0.378 e. The van der Waals surface area contributed by atoms with Gasteiger partial charge in [0.2, 0.25) is 0 Å². The molecule has 4 heterocycles. The van der Waals surface area contributed by atoms with Gasteiger partial charge in [-0.05, 0) is 23.8 Å². The lowest BCUT2D eigenvalue weighted by Crippen LogP contribution is -2.49. The van der Waals surface area contributed by atoms with E-state index in [1.165, 1.54) is 0 Å². The number of ether oxygens (including phenoxy) is 1. The first-order valence-electron chi connectivity index (χ1n) is 7.66. The van der Waals surface area contributed by atoms with Crippen LogP contribution in [0.2, 0.25) is 0 Å². The van der Waals surface area contributed by atoms with Crippen molar-refractivity contribution in [3.63, 3.8) is 0 Å². The maximum atomic E-state index is 12.6. The van der Waals surface area contributed by atoms with Crippen molar-refractivity contribution in [1.82, 2.24) is 19.8 Å². The number of hydrogen-bond donors (Lipinski definition) is 0. The molecule has 22 heavy (non-hydrogen) atoms. The highest BCUT2D eigenvalue weighted by molar-refractivity contribution is 5.77. The second kappa shape index (κ2) is 5.53. The van der Waals surface area contributed by atoms with E-state index in [1.807, 2.05) is 21.9 Å². The maximum Gasteiger partial charge on any atom is 0.320 e. The summed E-state index contributed by atoms with van der Waals surface area (Å²) in [4.78, 5) is 25.3. The fraction of sp³-hybridized carbons (Fsp3) is 0.438. The Kier molecular flexibility index (Phi) is 3.38. The van der Waals surface area contributed by atoms with Gasteiger partial charge in [0.1, 0.15) is 0 Å². The topological polar surface area (TPSA) is 58.6 Å². The van der Waals surface area contributed by atoms with E-state index in [2.05, 4.69) is 16.0 Å². The lowest BCUT2D eigenvalue weighted by molar-refractivity contribution is 0.0421. The van der Waals surface area contributed by atoms with E-state index in [9.17, 15) is 4.79 Å². The van der Waals surface area contributed by atoms with Crippen LogP contribution in [0.1, 0.15) is 11.3 Å². The fourth-order valence-electron chi connectivity index (χ4n) is 3.08. The SMILES string of the molecule is O=C(N1CCOCC1)N1CCc2nc3ncccc3cc2C1. The molecule has 2 aliphatic heterocycles. The number of carbonyl (C=O) groups excluding carboxylic acids is 1. The molecule has 2 aliphatic rings. The van der Waals surface area contributed by atoms with Gasteiger partial charge in [-0.15, -0.1) is 0 Å². The molecule has 2 aromatic heterocycles. The normalized spacial score (nSPS) is 18.4. The first-order chi connectivity index (χ1) is 10.8. The van der Waals surface area contributed by atoms with Gasteiger partial charge in [-0.25, -0.2) is 14.8 Å². The third-order valence-corrected chi connectivity index (χ3v) is 4.29. The van der Waals surface area contributed by atoms with Crippen LogP contribution in [0.25, 0.3) is 11.0 Å². The predicted molar refractivity (Wildman–Crippen MR) is 81.4 cm³/mol. The van der Waals surface area contributed by atoms with Crippen LogP contribution < -0.4 is 0 Å². The van der Waals surface area contributed by atoms with Gasteiger partial charge in [-0.2, -0.15) is 0 Å². The summed E-state index contributed by atoms with van der Waals surface area (Å²) in [5.74, 6) is 0. The number of carbonyl (C=O) groups is 1. The van der Waals surface area contributed by atoms with Gasteiger partial charge in [-0.1, -0.05) is 0 Å². The van der Waals surface area contributed by atoms with Crippen LogP contribution >= 0.6 is 0 Å². The molecule has 0 radical (unpaired) electrons. The Hall–Kier alpha value is -2.21. The van der Waals surface area contributed by atoms with Gasteiger partial charge < -0.3 is 14.5 Å². The Morgan fingerprint density at radius 2 is 2.05 bits per heavy atom. The molecule has 6 heteroatoms. The van der Waals surface area contributed by atoms with E-state index < -0.39 is 0 Å². The summed E-state index contributed by atoms with van der Waals surface area (Å²) >= 11 is 0. The summed E-state index contributed by atoms with van der Waals surface area (Å²) in [6.45, 7) is 3.98. The molecule has 4 rings (SSSR count). The van der Waals surface area contributed by atoms with Crippen LogP contribution in [0, 0.1) is 0 Å². The molecule has 0 aromatic carbocycles. The zero-order valence-electron chi connectivity index (χ0n) is 12.4. The van der Waals surface area contributed by atoms with Crippen LogP contribution in [0.3, 0.4) is 0 Å². The van der Waals surface area contributed by atoms with Crippen molar-refractivity contribution in [1.29, 1.82) is 0 Å². The van der Waals surface area contributed by atoms with E-state index in [0.717, 1.165) is 28.7 Å². The fourth-order valence-corrected chi connectivity index (χ4v) is 3.08. The summed E-state index contributed by atoms with van der Waals surface area (Å²) in [5.41, 5.74) is 2.99. The molecule has 1 saturated heterocycles. The van der Waals surface area contributed by atoms with Gasteiger partial charge in [0.15, 0.2) is 5.65 Å². The Balaban J connectivity index is 1.57. The van der Waals surface area contributed by atoms with Crippen molar-refractivity contribution in [2.45, 2.75) is 13.0 Å². The lowest BCUT2D eigenvalue weighted by atomic mass is 10.0. The van der Waals surface area contributed by atoms with Gasteiger partial charge >= 0.3 is 6.03 Å². The Labute approximate surface area is 128 Å². The van der Waals surface area contributed by atoms with Crippen LogP contribution in [-0.2, 0) is 17.7 Å². The monoisotopic (exact) mass is 298 g/mol. The number of fused-ring (bicyclic) bond motifs is 2. The zero-order chi connectivity index (χ0) is 14.9. The summed E-state index contributed by atoms with van der Waals surface area (Å²) < 4.78 is 5.31. The lowest BCUT2D eigenvalue weighted by Gasteiger charge is -2.35. The van der Waals surface area contributed by atoms with E-state index in [0.29, 0.717) is 39.4 Å². The molecule has 2 amide bonds. The minimum absolute atomic E-state index is 0.111. The van der Waals surface area contributed by atoms with E-state index in [1.54, 1.807) is 6.20 Å². The molecule has 0 atom stereocenters. The van der Waals surface area contributed by atoms with E-state index >= 15 is 0 Å². The van der Waals surface area contributed by atoms with Crippen molar-refractivity contribution in [2.24, 2.45) is 0 Å². The molecule has 0 spiro atoms. The third-order valence-electron chi connectivity index (χ3n) is 4.29. The average Bonchev–Trinajstić information content (AvgIpc) is 2.59. The number of pyridine rings is 2. The first kappa shape index (κ1) is 13.5. The van der Waals surface area contributed by atoms with Crippen LogP contribution in [0.15, 0.2) is 24.4 Å². The van der Waals surface area contributed by atoms with Crippen LogP contribution in [-0.4, -0.2) is 58.6 Å². The number of aromatic nitrogens is 2. The third kappa shape index (κ3) is 2.39. The number of morpholine rings is 1. The highest BCUT2D eigenvalue weighted by Gasteiger charge is 2.27. The molecule has 0 saturated carbocycles. The van der Waals surface area contributed by atoms with Crippen molar-refractivity contribution in [3.8, 4) is 0 Å². The van der Waals surface area contributed by atoms with Gasteiger partial charge in [0.05, 0.1) is 13.2 Å². The van der Waals surface area contributed by atoms with Crippen molar-refractivity contribution in [3.05, 3.63) is 35.7 Å². The molecule has 1 fully saturated rings. The molecule has 6 nitrogen and oxygen atoms in total. The quantitative estimate of drug-likeness (QED) is 0.738. The average molecular weight is 298 g/mol. The predicted octanol–water partition coefficient (Wildman–Crippen LogP) is 1.44. The Bertz CT molecular complexity index is 712. The molecule has 0 unspecified atom stereocenters. The van der Waals surface area contributed by atoms with Crippen LogP contribution in [0.5, 0.6) is 0 Å². The van der Waals surface area contributed by atoms with Crippen molar-refractivity contribution in [2.75, 3.05) is 32.8 Å². The minimum atomic E-state index is 0.111. The zero-order valence-corrected chi connectivity index (χ0v) is 12.4. The molecule has 0 aliphatic carbocycles. The number of hydrogen-bond acceptors (Lipinski definition) is 4. The molecule has 114 valence electrons. The Morgan fingerprint density at radius 1 is 1.18 bits per heavy atom. The number of rotatable bonds is 0. The van der Waals surface area contributed by atoms with E-state index in [4.69, 9.17) is 4.74 Å². The molecular weight excluding hydrogens is 280 g/mol. The first-order valence-corrected chi connectivity index (χ1v) is 7.66. The van der Waals surface area contributed by atoms with Crippen molar-refractivity contribution >= 4 is 17.1 Å². The van der Waals surface area contributed by atoms with Crippen LogP contribution in [0.4, 0.5) is 4.79 Å². The van der Waals surface area contributed by atoms with E-state index in [-0.39, 0.29) is 6.03 Å². The molecular formula is C16H18N4O2. The highest BCUT2D eigenvalue weighted by atomic mass is 16.5. The number of amides is 2. The van der Waals surface area contributed by atoms with Gasteiger partial charge in [0.25, 0.3) is 0 Å². The summed E-state index contributed by atoms with van der Waals surface area (Å²) in [5, 5.41) is 1.03. The van der Waals surface area contributed by atoms with Gasteiger partial charge in [-0.3, -0.25) is 0 Å². The Morgan fingerprint density at radius 3 is 2.91 bits per heavy atom. The van der Waals surface area contributed by atoms with Gasteiger partial charge in [0, 0.05) is 49.9 Å². The second-order valence-corrected chi connectivity index (χ2v) is 5.70. The molecule has 0 bridgehead atoms. The molecule has 0 N–H and O–H groups in total. The summed E-state index contributed by atoms with van der Waals surface area (Å²) in [6.07, 6.45) is 2.55. The standard InChI is InChI=1S/C16H18N4O2/c21-16(19-6-8-22-9-7-19)20-5-3-14-13(11-20)10-12-2-1-4-17-15(12)18-14/h1-2,4,10H,3,5-9,11H2. The smallest absolute Gasteiger partial charge is 0.320 e.